The van der Waals surface area contributed by atoms with Crippen LogP contribution in [0.1, 0.15) is 70.2 Å². The Bertz CT molecular complexity index is 1100. The number of aromatic hydroxyl groups is 3. The van der Waals surface area contributed by atoms with Gasteiger partial charge >= 0.3 is 0 Å². The van der Waals surface area contributed by atoms with E-state index in [9.17, 15) is 20.1 Å². The molecule has 1 aliphatic heterocycles. The van der Waals surface area contributed by atoms with Crippen molar-refractivity contribution in [2.24, 2.45) is 5.92 Å². The van der Waals surface area contributed by atoms with Crippen molar-refractivity contribution >= 4 is 23.0 Å². The van der Waals surface area contributed by atoms with Gasteiger partial charge in [-0.05, 0) is 57.6 Å². The van der Waals surface area contributed by atoms with Gasteiger partial charge in [0.15, 0.2) is 0 Å². The molecule has 34 heavy (non-hydrogen) atoms. The summed E-state index contributed by atoms with van der Waals surface area (Å²) >= 11 is 0. The second kappa shape index (κ2) is 11.1. The number of phenols is 3. The number of carbonyl (C=O) groups is 1. The molecule has 6 heteroatoms. The summed E-state index contributed by atoms with van der Waals surface area (Å²) in [4.78, 5) is 14.9. The second-order valence-corrected chi connectivity index (χ2v) is 9.53. The van der Waals surface area contributed by atoms with Crippen molar-refractivity contribution in [1.82, 2.24) is 0 Å². The number of amides is 1. The first-order valence-corrected chi connectivity index (χ1v) is 12.0. The number of nitrogens with one attached hydrogen (secondary N) is 1. The molecule has 1 heterocycles. The second-order valence-electron chi connectivity index (χ2n) is 9.53. The van der Waals surface area contributed by atoms with E-state index in [-0.39, 0.29) is 41.1 Å². The highest BCUT2D eigenvalue weighted by atomic mass is 16.3. The summed E-state index contributed by atoms with van der Waals surface area (Å²) < 4.78 is 0. The van der Waals surface area contributed by atoms with Crippen molar-refractivity contribution in [2.45, 2.75) is 59.8 Å². The fraction of sp³-hybridized carbons (Fsp3) is 0.393. The number of anilines is 3. The maximum absolute atomic E-state index is 13.4. The predicted molar refractivity (Wildman–Crippen MR) is 138 cm³/mol. The molecule has 4 N–H and O–H groups in total. The first kappa shape index (κ1) is 25.2. The highest BCUT2D eigenvalue weighted by Crippen LogP contribution is 2.45. The van der Waals surface area contributed by atoms with Crippen molar-refractivity contribution in [3.8, 4) is 17.2 Å². The molecule has 0 spiro atoms. The van der Waals surface area contributed by atoms with Gasteiger partial charge in [-0.15, -0.1) is 0 Å². The van der Waals surface area contributed by atoms with Crippen molar-refractivity contribution in [3.05, 3.63) is 59.2 Å². The molecule has 1 amide bonds. The topological polar surface area (TPSA) is 93.0 Å². The van der Waals surface area contributed by atoms with Gasteiger partial charge in [0.2, 0.25) is 0 Å². The Balaban J connectivity index is 1.78. The lowest BCUT2D eigenvalue weighted by atomic mass is 10.0. The number of para-hydroxylation sites is 1. The Morgan fingerprint density at radius 2 is 1.74 bits per heavy atom. The summed E-state index contributed by atoms with van der Waals surface area (Å²) in [6.45, 7) is 9.00. The van der Waals surface area contributed by atoms with Gasteiger partial charge in [-0.3, -0.25) is 4.79 Å². The van der Waals surface area contributed by atoms with E-state index in [1.165, 1.54) is 41.5 Å². The van der Waals surface area contributed by atoms with E-state index in [4.69, 9.17) is 0 Å². The molecular formula is C28H36N2O4. The zero-order chi connectivity index (χ0) is 24.8. The summed E-state index contributed by atoms with van der Waals surface area (Å²) in [6.07, 6.45) is 9.72. The predicted octanol–water partition coefficient (Wildman–Crippen LogP) is 7.01. The third kappa shape index (κ3) is 6.13. The van der Waals surface area contributed by atoms with Crippen LogP contribution >= 0.6 is 0 Å². The quantitative estimate of drug-likeness (QED) is 0.182. The zero-order valence-corrected chi connectivity index (χ0v) is 20.6. The van der Waals surface area contributed by atoms with Gasteiger partial charge < -0.3 is 25.5 Å². The number of rotatable bonds is 9. The monoisotopic (exact) mass is 464 g/mol. The molecule has 0 fully saturated rings. The lowest BCUT2D eigenvalue weighted by molar-refractivity contribution is 0.0991. The fourth-order valence-electron chi connectivity index (χ4n) is 4.14. The minimum atomic E-state index is -0.327. The molecule has 182 valence electrons. The summed E-state index contributed by atoms with van der Waals surface area (Å²) in [5.41, 5.74) is 3.70. The Kier molecular flexibility index (Phi) is 8.26. The summed E-state index contributed by atoms with van der Waals surface area (Å²) in [6, 6.07) is 7.36. The molecule has 2 aromatic carbocycles. The summed E-state index contributed by atoms with van der Waals surface area (Å²) in [7, 11) is 0. The maximum atomic E-state index is 13.4. The van der Waals surface area contributed by atoms with Crippen molar-refractivity contribution in [1.29, 1.82) is 0 Å². The Morgan fingerprint density at radius 1 is 1.00 bits per heavy atom. The Hall–Kier alpha value is -3.41. The van der Waals surface area contributed by atoms with Crippen LogP contribution in [-0.4, -0.2) is 27.8 Å². The van der Waals surface area contributed by atoms with E-state index in [1.807, 2.05) is 13.0 Å². The van der Waals surface area contributed by atoms with Gasteiger partial charge in [-0.2, -0.15) is 0 Å². The van der Waals surface area contributed by atoms with Gasteiger partial charge in [0.25, 0.3) is 5.91 Å². The van der Waals surface area contributed by atoms with Crippen LogP contribution in [0.15, 0.2) is 53.6 Å². The Morgan fingerprint density at radius 3 is 2.47 bits per heavy atom. The van der Waals surface area contributed by atoms with Crippen LogP contribution < -0.4 is 10.2 Å². The van der Waals surface area contributed by atoms with Crippen LogP contribution in [-0.2, 0) is 0 Å². The smallest absolute Gasteiger partial charge is 0.260 e. The van der Waals surface area contributed by atoms with E-state index < -0.39 is 0 Å². The molecule has 0 saturated carbocycles. The minimum absolute atomic E-state index is 0.0894. The highest BCUT2D eigenvalue weighted by Gasteiger charge is 2.29. The fourth-order valence-corrected chi connectivity index (χ4v) is 4.14. The third-order valence-electron chi connectivity index (χ3n) is 6.15. The molecule has 6 nitrogen and oxygen atoms in total. The van der Waals surface area contributed by atoms with E-state index in [2.05, 4.69) is 32.2 Å². The summed E-state index contributed by atoms with van der Waals surface area (Å²) in [5.74, 6) is -0.0345. The number of allylic oxidation sites excluding steroid dienone is 3. The van der Waals surface area contributed by atoms with Crippen LogP contribution in [0.25, 0.3) is 0 Å². The third-order valence-corrected chi connectivity index (χ3v) is 6.15. The number of fused-ring (bicyclic) bond motifs is 2. The van der Waals surface area contributed by atoms with Gasteiger partial charge in [-0.1, -0.05) is 49.6 Å². The number of nitrogens with zero attached hydrogens (tertiary/aromatic N) is 1. The molecule has 3 rings (SSSR count). The van der Waals surface area contributed by atoms with Crippen molar-refractivity contribution < 1.29 is 20.1 Å². The summed E-state index contributed by atoms with van der Waals surface area (Å²) in [5, 5.41) is 33.8. The molecular weight excluding hydrogens is 428 g/mol. The average molecular weight is 465 g/mol. The van der Waals surface area contributed by atoms with Gasteiger partial charge in [0.05, 0.1) is 16.9 Å². The van der Waals surface area contributed by atoms with Crippen LogP contribution in [0.2, 0.25) is 0 Å². The molecule has 0 unspecified atom stereocenters. The van der Waals surface area contributed by atoms with Crippen LogP contribution in [0, 0.1) is 5.92 Å². The van der Waals surface area contributed by atoms with E-state index >= 15 is 0 Å². The van der Waals surface area contributed by atoms with Gasteiger partial charge in [0, 0.05) is 18.7 Å². The number of hydrogen-bond donors (Lipinski definition) is 4. The average Bonchev–Trinajstić information content (AvgIpc) is 2.87. The van der Waals surface area contributed by atoms with Crippen molar-refractivity contribution in [3.63, 3.8) is 0 Å². The van der Waals surface area contributed by atoms with E-state index in [1.54, 1.807) is 12.1 Å². The molecule has 0 atom stereocenters. The standard InChI is InChI=1S/C28H36N2O4/c1-18(2)8-5-9-19(3)10-6-11-20(4)14-15-30-23-16-21(31)17-25(33)27(23)29-26-22(28(30)34)12-7-13-24(26)32/h7,10,12-14,16-18,29,31-33H,5-6,8-9,11,15H2,1-4H3/b19-10+,20-14+. The van der Waals surface area contributed by atoms with Crippen LogP contribution in [0.3, 0.4) is 0 Å². The lowest BCUT2D eigenvalue weighted by Gasteiger charge is -2.22. The van der Waals surface area contributed by atoms with E-state index in [0.29, 0.717) is 11.3 Å². The maximum Gasteiger partial charge on any atom is 0.260 e. The largest absolute Gasteiger partial charge is 0.508 e. The Labute approximate surface area is 202 Å². The first-order chi connectivity index (χ1) is 16.2. The number of hydrogen-bond acceptors (Lipinski definition) is 5. The number of carbonyl (C=O) groups excluding carboxylic acids is 1. The molecule has 0 saturated heterocycles. The molecule has 2 aromatic rings. The van der Waals surface area contributed by atoms with Gasteiger partial charge in [-0.25, -0.2) is 0 Å². The normalized spacial score (nSPS) is 14.0. The molecule has 0 aromatic heterocycles. The van der Waals surface area contributed by atoms with Crippen molar-refractivity contribution in [2.75, 3.05) is 16.8 Å². The van der Waals surface area contributed by atoms with Crippen LogP contribution in [0.4, 0.5) is 17.1 Å². The SMILES string of the molecule is C/C(=C\CN1C(=O)c2cccc(O)c2Nc2c(O)cc(O)cc21)CC/C=C(\C)CCCC(C)C. The molecule has 0 bridgehead atoms. The minimum Gasteiger partial charge on any atom is -0.508 e. The van der Waals surface area contributed by atoms with E-state index in [0.717, 1.165) is 30.8 Å². The molecule has 1 aliphatic rings. The van der Waals surface area contributed by atoms with Crippen LogP contribution in [0.5, 0.6) is 17.2 Å². The first-order valence-electron chi connectivity index (χ1n) is 12.0. The number of phenolic OH excluding ortho intramolecular Hbond substituents is 3. The zero-order valence-electron chi connectivity index (χ0n) is 20.6. The van der Waals surface area contributed by atoms with Gasteiger partial charge in [0.1, 0.15) is 22.9 Å². The lowest BCUT2D eigenvalue weighted by Crippen LogP contribution is -2.30. The molecule has 0 aliphatic carbocycles. The number of benzene rings is 2. The molecule has 0 radical (unpaired) electrons. The highest BCUT2D eigenvalue weighted by molar-refractivity contribution is 6.15.